The first-order chi connectivity index (χ1) is 18.5. The Morgan fingerprint density at radius 1 is 0.658 bits per heavy atom. The Morgan fingerprint density at radius 2 is 1.05 bits per heavy atom. The number of hydrogen-bond donors (Lipinski definition) is 1. The first kappa shape index (κ1) is 33.9. The maximum atomic E-state index is 12.3. The number of nitrogens with zero attached hydrogens (tertiary/aromatic N) is 1. The minimum absolute atomic E-state index is 0.00615. The molecule has 1 aromatic heterocycles. The molecular weight excluding hydrogens is 478 g/mol. The van der Waals surface area contributed by atoms with Crippen molar-refractivity contribution in [2.24, 2.45) is 0 Å². The van der Waals surface area contributed by atoms with Crippen LogP contribution in [-0.4, -0.2) is 22.0 Å². The fraction of sp³-hybridized carbons (Fsp3) is 0.781. The van der Waals surface area contributed by atoms with Gasteiger partial charge < -0.3 is 14.6 Å². The molecule has 0 unspecified atom stereocenters. The fourth-order valence-corrected chi connectivity index (χ4v) is 4.58. The van der Waals surface area contributed by atoms with Crippen LogP contribution in [0.2, 0.25) is 0 Å². The summed E-state index contributed by atoms with van der Waals surface area (Å²) in [6.45, 7) is 6.12. The third-order valence-corrected chi connectivity index (χ3v) is 7.17. The molecule has 0 spiro atoms. The molecular formula is C32H55NO5. The maximum absolute atomic E-state index is 12.3. The van der Waals surface area contributed by atoms with Crippen LogP contribution in [0.1, 0.15) is 159 Å². The molecule has 1 heterocycles. The van der Waals surface area contributed by atoms with Crippen molar-refractivity contribution in [3.05, 3.63) is 23.0 Å². The van der Waals surface area contributed by atoms with Crippen LogP contribution in [0.5, 0.6) is 5.75 Å². The predicted octanol–water partition coefficient (Wildman–Crippen LogP) is 9.02. The van der Waals surface area contributed by atoms with E-state index in [0.29, 0.717) is 29.7 Å². The molecule has 6 heteroatoms. The summed E-state index contributed by atoms with van der Waals surface area (Å²) in [5, 5.41) is 10.5. The second-order valence-corrected chi connectivity index (χ2v) is 10.7. The Morgan fingerprint density at radius 3 is 1.50 bits per heavy atom. The van der Waals surface area contributed by atoms with Crippen LogP contribution in [0.25, 0.3) is 0 Å². The van der Waals surface area contributed by atoms with Crippen molar-refractivity contribution < 1.29 is 24.2 Å². The van der Waals surface area contributed by atoms with Gasteiger partial charge in [0.15, 0.2) is 0 Å². The summed E-state index contributed by atoms with van der Waals surface area (Å²) >= 11 is 0. The molecule has 0 saturated heterocycles. The zero-order valence-electron chi connectivity index (χ0n) is 24.7. The van der Waals surface area contributed by atoms with Crippen molar-refractivity contribution >= 4 is 11.9 Å². The SMILES string of the molecule is CCCCCCCCCCCC(=O)OCc1cnc(C)c(O)c1COC(=O)CCCCCCCCCCC. The molecule has 0 aliphatic carbocycles. The topological polar surface area (TPSA) is 85.7 Å². The molecule has 1 N–H and O–H groups in total. The highest BCUT2D eigenvalue weighted by Crippen LogP contribution is 2.26. The first-order valence-corrected chi connectivity index (χ1v) is 15.5. The lowest BCUT2D eigenvalue weighted by Crippen LogP contribution is -2.10. The minimum atomic E-state index is -0.268. The van der Waals surface area contributed by atoms with Gasteiger partial charge in [0.2, 0.25) is 0 Å². The molecule has 6 nitrogen and oxygen atoms in total. The lowest BCUT2D eigenvalue weighted by atomic mass is 10.1. The number of aromatic nitrogens is 1. The van der Waals surface area contributed by atoms with Gasteiger partial charge in [0.25, 0.3) is 0 Å². The number of rotatable bonds is 24. The van der Waals surface area contributed by atoms with E-state index in [9.17, 15) is 14.7 Å². The van der Waals surface area contributed by atoms with Crippen LogP contribution in [-0.2, 0) is 32.3 Å². The number of unbranched alkanes of at least 4 members (excludes halogenated alkanes) is 16. The molecule has 1 aromatic rings. The van der Waals surface area contributed by atoms with Crippen molar-refractivity contribution in [2.75, 3.05) is 0 Å². The monoisotopic (exact) mass is 533 g/mol. The van der Waals surface area contributed by atoms with Crippen molar-refractivity contribution in [2.45, 2.75) is 162 Å². The largest absolute Gasteiger partial charge is 0.506 e. The van der Waals surface area contributed by atoms with Gasteiger partial charge in [0.05, 0.1) is 5.69 Å². The van der Waals surface area contributed by atoms with E-state index in [1.165, 1.54) is 77.0 Å². The standard InChI is InChI=1S/C32H55NO5/c1-4-6-8-10-12-14-16-18-20-22-30(34)37-25-28-24-33-27(3)32(36)29(28)26-38-31(35)23-21-19-17-15-13-11-9-7-5-2/h24,36H,4-23,25-26H2,1-3H3. The summed E-state index contributed by atoms with van der Waals surface area (Å²) in [5.74, 6) is -0.523. The summed E-state index contributed by atoms with van der Waals surface area (Å²) in [5.41, 5.74) is 1.50. The number of carbonyl (C=O) groups excluding carboxylic acids is 2. The molecule has 0 aliphatic rings. The molecule has 0 saturated carbocycles. The molecule has 0 aliphatic heterocycles. The quantitative estimate of drug-likeness (QED) is 0.105. The van der Waals surface area contributed by atoms with Gasteiger partial charge in [0, 0.05) is 30.2 Å². The van der Waals surface area contributed by atoms with Crippen molar-refractivity contribution in [1.82, 2.24) is 4.98 Å². The second kappa shape index (κ2) is 22.8. The number of ether oxygens (including phenoxy) is 2. The van der Waals surface area contributed by atoms with Gasteiger partial charge in [-0.15, -0.1) is 0 Å². The summed E-state index contributed by atoms with van der Waals surface area (Å²) in [4.78, 5) is 28.7. The maximum Gasteiger partial charge on any atom is 0.306 e. The molecule has 0 amide bonds. The highest BCUT2D eigenvalue weighted by Gasteiger charge is 2.16. The lowest BCUT2D eigenvalue weighted by molar-refractivity contribution is -0.146. The van der Waals surface area contributed by atoms with E-state index in [1.54, 1.807) is 13.1 Å². The zero-order valence-corrected chi connectivity index (χ0v) is 24.7. The number of pyridine rings is 1. The van der Waals surface area contributed by atoms with Crippen molar-refractivity contribution in [1.29, 1.82) is 0 Å². The van der Waals surface area contributed by atoms with Crippen LogP contribution in [0.4, 0.5) is 0 Å². The third-order valence-electron chi connectivity index (χ3n) is 7.17. The van der Waals surface area contributed by atoms with Gasteiger partial charge >= 0.3 is 11.9 Å². The molecule has 0 bridgehead atoms. The van der Waals surface area contributed by atoms with Crippen LogP contribution in [0, 0.1) is 6.92 Å². The van der Waals surface area contributed by atoms with Crippen molar-refractivity contribution in [3.63, 3.8) is 0 Å². The Hall–Kier alpha value is -2.11. The molecule has 0 fully saturated rings. The Bertz CT molecular complexity index is 764. The highest BCUT2D eigenvalue weighted by molar-refractivity contribution is 5.70. The molecule has 0 radical (unpaired) electrons. The Balaban J connectivity index is 2.29. The van der Waals surface area contributed by atoms with Gasteiger partial charge in [0.1, 0.15) is 19.0 Å². The van der Waals surface area contributed by atoms with E-state index in [2.05, 4.69) is 18.8 Å². The van der Waals surface area contributed by atoms with Gasteiger partial charge in [-0.3, -0.25) is 14.6 Å². The summed E-state index contributed by atoms with van der Waals surface area (Å²) in [7, 11) is 0. The molecule has 218 valence electrons. The Kier molecular flexibility index (Phi) is 20.4. The zero-order chi connectivity index (χ0) is 27.8. The van der Waals surface area contributed by atoms with E-state index >= 15 is 0 Å². The van der Waals surface area contributed by atoms with Gasteiger partial charge in [-0.1, -0.05) is 117 Å². The molecule has 0 aromatic carbocycles. The average Bonchev–Trinajstić information content (AvgIpc) is 2.91. The van der Waals surface area contributed by atoms with Gasteiger partial charge in [-0.05, 0) is 19.8 Å². The third kappa shape index (κ3) is 16.7. The van der Waals surface area contributed by atoms with Gasteiger partial charge in [-0.25, -0.2) is 0 Å². The first-order valence-electron chi connectivity index (χ1n) is 15.5. The van der Waals surface area contributed by atoms with E-state index in [0.717, 1.165) is 38.5 Å². The number of carbonyl (C=O) groups is 2. The number of aromatic hydroxyl groups is 1. The van der Waals surface area contributed by atoms with E-state index in [1.807, 2.05) is 0 Å². The van der Waals surface area contributed by atoms with E-state index < -0.39 is 0 Å². The summed E-state index contributed by atoms with van der Waals surface area (Å²) in [6.07, 6.45) is 23.8. The Labute approximate surface area is 232 Å². The summed E-state index contributed by atoms with van der Waals surface area (Å²) in [6, 6.07) is 0. The van der Waals surface area contributed by atoms with Crippen LogP contribution >= 0.6 is 0 Å². The van der Waals surface area contributed by atoms with E-state index in [-0.39, 0.29) is 30.9 Å². The minimum Gasteiger partial charge on any atom is -0.506 e. The smallest absolute Gasteiger partial charge is 0.306 e. The molecule has 38 heavy (non-hydrogen) atoms. The highest BCUT2D eigenvalue weighted by atomic mass is 16.5. The fourth-order valence-electron chi connectivity index (χ4n) is 4.58. The average molecular weight is 534 g/mol. The van der Waals surface area contributed by atoms with Crippen LogP contribution < -0.4 is 0 Å². The molecule has 1 rings (SSSR count). The van der Waals surface area contributed by atoms with Crippen LogP contribution in [0.15, 0.2) is 6.20 Å². The molecule has 0 atom stereocenters. The van der Waals surface area contributed by atoms with Crippen LogP contribution in [0.3, 0.4) is 0 Å². The number of hydrogen-bond acceptors (Lipinski definition) is 6. The normalized spacial score (nSPS) is 11.0. The van der Waals surface area contributed by atoms with E-state index in [4.69, 9.17) is 9.47 Å². The number of aryl methyl sites for hydroxylation is 1. The van der Waals surface area contributed by atoms with Gasteiger partial charge in [-0.2, -0.15) is 0 Å². The predicted molar refractivity (Wildman–Crippen MR) is 154 cm³/mol. The number of esters is 2. The van der Waals surface area contributed by atoms with Crippen molar-refractivity contribution in [3.8, 4) is 5.75 Å². The lowest BCUT2D eigenvalue weighted by Gasteiger charge is -2.14. The summed E-state index contributed by atoms with van der Waals surface area (Å²) < 4.78 is 10.9. The second-order valence-electron chi connectivity index (χ2n) is 10.7.